The Hall–Kier alpha value is -3.23. The minimum atomic E-state index is -0.379. The van der Waals surface area contributed by atoms with Crippen molar-refractivity contribution in [1.29, 1.82) is 0 Å². The van der Waals surface area contributed by atoms with Crippen molar-refractivity contribution in [2.24, 2.45) is 0 Å². The van der Waals surface area contributed by atoms with Crippen LogP contribution in [0.4, 0.5) is 5.69 Å². The SMILES string of the molecule is C=CCN1C(=O)/C(=C2/C(=O)N(CC(=O)NCc3ccccc3)c3ccccc32)SC1=S. The predicted octanol–water partition coefficient (Wildman–Crippen LogP) is 3.11. The second kappa shape index (κ2) is 8.87. The van der Waals surface area contributed by atoms with Crippen LogP contribution in [0.5, 0.6) is 0 Å². The number of thioether (sulfide) groups is 1. The molecule has 2 aromatic rings. The smallest absolute Gasteiger partial charge is 0.267 e. The van der Waals surface area contributed by atoms with E-state index in [2.05, 4.69) is 11.9 Å². The Kier molecular flexibility index (Phi) is 6.01. The summed E-state index contributed by atoms with van der Waals surface area (Å²) in [7, 11) is 0. The topological polar surface area (TPSA) is 69.7 Å². The molecule has 0 aliphatic carbocycles. The first-order valence-electron chi connectivity index (χ1n) is 9.62. The van der Waals surface area contributed by atoms with Crippen LogP contribution in [-0.2, 0) is 20.9 Å². The number of anilines is 1. The summed E-state index contributed by atoms with van der Waals surface area (Å²) >= 11 is 6.42. The third-order valence-electron chi connectivity index (χ3n) is 4.95. The highest BCUT2D eigenvalue weighted by atomic mass is 32.2. The Morgan fingerprint density at radius 2 is 1.74 bits per heavy atom. The van der Waals surface area contributed by atoms with Crippen molar-refractivity contribution >= 4 is 57.3 Å². The summed E-state index contributed by atoms with van der Waals surface area (Å²) in [6, 6.07) is 16.7. The van der Waals surface area contributed by atoms with Gasteiger partial charge >= 0.3 is 0 Å². The summed E-state index contributed by atoms with van der Waals surface area (Å²) in [5.74, 6) is -0.981. The minimum Gasteiger partial charge on any atom is -0.350 e. The third kappa shape index (κ3) is 4.04. The fraction of sp³-hybridized carbons (Fsp3) is 0.130. The lowest BCUT2D eigenvalue weighted by Gasteiger charge is -2.16. The van der Waals surface area contributed by atoms with Crippen molar-refractivity contribution in [2.45, 2.75) is 6.54 Å². The number of fused-ring (bicyclic) bond motifs is 1. The van der Waals surface area contributed by atoms with Crippen LogP contribution in [0.25, 0.3) is 5.57 Å². The molecule has 0 radical (unpaired) electrons. The zero-order valence-corrected chi connectivity index (χ0v) is 18.2. The van der Waals surface area contributed by atoms with E-state index in [-0.39, 0.29) is 41.3 Å². The first-order valence-corrected chi connectivity index (χ1v) is 10.8. The molecule has 31 heavy (non-hydrogen) atoms. The molecule has 1 N–H and O–H groups in total. The van der Waals surface area contributed by atoms with Crippen LogP contribution >= 0.6 is 24.0 Å². The van der Waals surface area contributed by atoms with Gasteiger partial charge in [-0.3, -0.25) is 24.2 Å². The Morgan fingerprint density at radius 3 is 2.48 bits per heavy atom. The maximum absolute atomic E-state index is 13.3. The van der Waals surface area contributed by atoms with Crippen molar-refractivity contribution in [3.8, 4) is 0 Å². The van der Waals surface area contributed by atoms with Gasteiger partial charge in [0.05, 0.1) is 16.2 Å². The highest BCUT2D eigenvalue weighted by Gasteiger charge is 2.42. The molecule has 0 unspecified atom stereocenters. The summed E-state index contributed by atoms with van der Waals surface area (Å²) in [5, 5.41) is 2.84. The van der Waals surface area contributed by atoms with E-state index in [4.69, 9.17) is 12.2 Å². The van der Waals surface area contributed by atoms with E-state index in [0.717, 1.165) is 17.3 Å². The molecule has 2 aliphatic heterocycles. The van der Waals surface area contributed by atoms with Crippen molar-refractivity contribution in [3.63, 3.8) is 0 Å². The molecule has 2 aromatic carbocycles. The van der Waals surface area contributed by atoms with E-state index >= 15 is 0 Å². The van der Waals surface area contributed by atoms with Crippen LogP contribution in [0.2, 0.25) is 0 Å². The Balaban J connectivity index is 1.59. The molecule has 8 heteroatoms. The number of amides is 3. The molecule has 3 amide bonds. The van der Waals surface area contributed by atoms with Gasteiger partial charge in [0.25, 0.3) is 11.8 Å². The van der Waals surface area contributed by atoms with Crippen molar-refractivity contribution in [1.82, 2.24) is 10.2 Å². The fourth-order valence-corrected chi connectivity index (χ4v) is 4.84. The molecule has 156 valence electrons. The minimum absolute atomic E-state index is 0.140. The predicted molar refractivity (Wildman–Crippen MR) is 126 cm³/mol. The summed E-state index contributed by atoms with van der Waals surface area (Å²) in [6.07, 6.45) is 1.59. The summed E-state index contributed by atoms with van der Waals surface area (Å²) < 4.78 is 0.386. The van der Waals surface area contributed by atoms with E-state index in [9.17, 15) is 14.4 Å². The number of nitrogens with zero attached hydrogens (tertiary/aromatic N) is 2. The van der Waals surface area contributed by atoms with Gasteiger partial charge in [-0.15, -0.1) is 6.58 Å². The van der Waals surface area contributed by atoms with Crippen LogP contribution in [0.3, 0.4) is 0 Å². The number of para-hydroxylation sites is 1. The van der Waals surface area contributed by atoms with Gasteiger partial charge in [-0.1, -0.05) is 78.6 Å². The number of hydrogen-bond acceptors (Lipinski definition) is 5. The van der Waals surface area contributed by atoms with Gasteiger partial charge in [-0.2, -0.15) is 0 Å². The zero-order chi connectivity index (χ0) is 22.0. The Labute approximate surface area is 189 Å². The maximum atomic E-state index is 13.3. The van der Waals surface area contributed by atoms with E-state index in [1.807, 2.05) is 30.3 Å². The van der Waals surface area contributed by atoms with Crippen molar-refractivity contribution < 1.29 is 14.4 Å². The van der Waals surface area contributed by atoms with E-state index < -0.39 is 0 Å². The molecular weight excluding hydrogens is 430 g/mol. The number of benzene rings is 2. The molecule has 0 atom stereocenters. The quantitative estimate of drug-likeness (QED) is 0.417. The number of hydrogen-bond donors (Lipinski definition) is 1. The van der Waals surface area contributed by atoms with Gasteiger partial charge in [0.15, 0.2) is 0 Å². The van der Waals surface area contributed by atoms with Gasteiger partial charge in [0.1, 0.15) is 10.9 Å². The molecule has 0 saturated carbocycles. The lowest BCUT2D eigenvalue weighted by molar-refractivity contribution is -0.122. The molecule has 0 aromatic heterocycles. The van der Waals surface area contributed by atoms with Crippen LogP contribution in [0, 0.1) is 0 Å². The van der Waals surface area contributed by atoms with E-state index in [1.165, 1.54) is 9.80 Å². The largest absolute Gasteiger partial charge is 0.350 e. The van der Waals surface area contributed by atoms with Crippen LogP contribution in [0.15, 0.2) is 72.2 Å². The average molecular weight is 450 g/mol. The highest BCUT2D eigenvalue weighted by molar-refractivity contribution is 8.26. The van der Waals surface area contributed by atoms with Gasteiger partial charge in [0.2, 0.25) is 5.91 Å². The zero-order valence-electron chi connectivity index (χ0n) is 16.5. The maximum Gasteiger partial charge on any atom is 0.267 e. The highest BCUT2D eigenvalue weighted by Crippen LogP contribution is 2.44. The molecule has 1 saturated heterocycles. The Bertz CT molecular complexity index is 1130. The number of nitrogens with one attached hydrogen (secondary N) is 1. The van der Waals surface area contributed by atoms with Crippen LogP contribution in [0.1, 0.15) is 11.1 Å². The molecule has 0 spiro atoms. The van der Waals surface area contributed by atoms with Gasteiger partial charge in [0, 0.05) is 18.7 Å². The fourth-order valence-electron chi connectivity index (χ4n) is 3.49. The standard InChI is InChI=1S/C23H19N3O3S2/c1-2-12-25-22(29)20(31-23(25)30)19-16-10-6-7-11-17(16)26(21(19)28)14-18(27)24-13-15-8-4-3-5-9-15/h2-11H,1,12-14H2,(H,24,27)/b20-19-. The molecule has 1 fully saturated rings. The number of carbonyl (C=O) groups excluding carboxylic acids is 3. The average Bonchev–Trinajstić information content (AvgIpc) is 3.21. The first-order chi connectivity index (χ1) is 15.0. The molecule has 0 bridgehead atoms. The van der Waals surface area contributed by atoms with Crippen molar-refractivity contribution in [2.75, 3.05) is 18.0 Å². The first kappa shape index (κ1) is 21.0. The molecule has 4 rings (SSSR count). The monoisotopic (exact) mass is 449 g/mol. The number of carbonyl (C=O) groups is 3. The van der Waals surface area contributed by atoms with Gasteiger partial charge in [-0.05, 0) is 11.6 Å². The Morgan fingerprint density at radius 1 is 1.03 bits per heavy atom. The second-order valence-electron chi connectivity index (χ2n) is 6.95. The summed E-state index contributed by atoms with van der Waals surface area (Å²) in [6.45, 7) is 4.16. The molecule has 2 heterocycles. The number of rotatable bonds is 6. The second-order valence-corrected chi connectivity index (χ2v) is 8.59. The van der Waals surface area contributed by atoms with Crippen LogP contribution < -0.4 is 10.2 Å². The van der Waals surface area contributed by atoms with Gasteiger partial charge in [-0.25, -0.2) is 0 Å². The van der Waals surface area contributed by atoms with E-state index in [1.54, 1.807) is 30.3 Å². The van der Waals surface area contributed by atoms with Crippen molar-refractivity contribution in [3.05, 3.63) is 83.3 Å². The molecular formula is C23H19N3O3S2. The lowest BCUT2D eigenvalue weighted by atomic mass is 10.1. The van der Waals surface area contributed by atoms with Crippen LogP contribution in [-0.4, -0.2) is 40.0 Å². The number of thiocarbonyl (C=S) groups is 1. The summed E-state index contributed by atoms with van der Waals surface area (Å²) in [4.78, 5) is 41.9. The summed E-state index contributed by atoms with van der Waals surface area (Å²) in [5.41, 5.74) is 2.49. The van der Waals surface area contributed by atoms with Gasteiger partial charge < -0.3 is 5.32 Å². The molecule has 2 aliphatic rings. The normalized spacial score (nSPS) is 17.9. The van der Waals surface area contributed by atoms with E-state index in [0.29, 0.717) is 22.1 Å². The third-order valence-corrected chi connectivity index (χ3v) is 6.39. The molecule has 6 nitrogen and oxygen atoms in total. The lowest BCUT2D eigenvalue weighted by Crippen LogP contribution is -2.38.